The minimum Gasteiger partial charge on any atom is -0.489 e. The summed E-state index contributed by atoms with van der Waals surface area (Å²) in [6.45, 7) is 0.907. The zero-order chi connectivity index (χ0) is 16.8. The van der Waals surface area contributed by atoms with E-state index in [1.165, 1.54) is 18.2 Å². The van der Waals surface area contributed by atoms with Crippen molar-refractivity contribution < 1.29 is 32.5 Å². The van der Waals surface area contributed by atoms with Crippen LogP contribution in [0.4, 0.5) is 13.6 Å². The summed E-state index contributed by atoms with van der Waals surface area (Å²) in [6.07, 6.45) is 1.10. The number of benzene rings is 1. The molecule has 128 valence electrons. The molecular weight excluding hydrogens is 310 g/mol. The Morgan fingerprint density at radius 3 is 2.61 bits per heavy atom. The smallest absolute Gasteiger partial charge is 0.489 e. The molecule has 0 radical (unpaired) electrons. The first kappa shape index (κ1) is 17.3. The quantitative estimate of drug-likeness (QED) is 0.671. The predicted octanol–water partition coefficient (Wildman–Crippen LogP) is 4.14. The second kappa shape index (κ2) is 7.99. The van der Waals surface area contributed by atoms with Crippen LogP contribution in [-0.2, 0) is 16.1 Å². The molecule has 0 N–H and O–H groups in total. The highest BCUT2D eigenvalue weighted by Gasteiger charge is 2.23. The Morgan fingerprint density at radius 1 is 1.26 bits per heavy atom. The summed E-state index contributed by atoms with van der Waals surface area (Å²) in [6, 6.07) is 4.44. The number of ether oxygens (including phenoxy) is 4. The van der Waals surface area contributed by atoms with Crippen molar-refractivity contribution in [2.45, 2.75) is 46.0 Å². The molecule has 0 atom stereocenters. The molecule has 0 heterocycles. The van der Waals surface area contributed by atoms with Gasteiger partial charge in [0.1, 0.15) is 6.61 Å². The van der Waals surface area contributed by atoms with Crippen LogP contribution in [0.15, 0.2) is 18.2 Å². The van der Waals surface area contributed by atoms with E-state index in [1.807, 2.05) is 0 Å². The molecule has 1 aromatic rings. The van der Waals surface area contributed by atoms with Crippen molar-refractivity contribution in [2.75, 3.05) is 6.61 Å². The third-order valence-electron chi connectivity index (χ3n) is 3.08. The lowest BCUT2D eigenvalue weighted by atomic mass is 10.2. The fourth-order valence-electron chi connectivity index (χ4n) is 1.81. The molecule has 23 heavy (non-hydrogen) atoms. The molecule has 1 aromatic carbocycles. The average molecular weight is 330 g/mol. The molecule has 1 aliphatic rings. The fourth-order valence-corrected chi connectivity index (χ4v) is 1.81. The van der Waals surface area contributed by atoms with Gasteiger partial charge in [0.15, 0.2) is 11.5 Å². The second-order valence-electron chi connectivity index (χ2n) is 5.62. The van der Waals surface area contributed by atoms with E-state index >= 15 is 0 Å². The van der Waals surface area contributed by atoms with E-state index in [4.69, 9.17) is 14.2 Å². The van der Waals surface area contributed by atoms with Gasteiger partial charge in [0.2, 0.25) is 0 Å². The van der Waals surface area contributed by atoms with Crippen molar-refractivity contribution in [1.82, 2.24) is 0 Å². The van der Waals surface area contributed by atoms with Gasteiger partial charge in [-0.15, -0.1) is 0 Å². The van der Waals surface area contributed by atoms with Crippen LogP contribution in [0, 0.1) is 5.92 Å². The number of carbonyl (C=O) groups is 1. The second-order valence-corrected chi connectivity index (χ2v) is 5.62. The van der Waals surface area contributed by atoms with Crippen molar-refractivity contribution in [2.24, 2.45) is 5.92 Å². The van der Waals surface area contributed by atoms with Crippen LogP contribution in [0.25, 0.3) is 0 Å². The topological polar surface area (TPSA) is 54.0 Å². The van der Waals surface area contributed by atoms with Gasteiger partial charge in [-0.3, -0.25) is 0 Å². The van der Waals surface area contributed by atoms with E-state index in [2.05, 4.69) is 4.74 Å². The SMILES string of the molecule is CC(C)OC(=O)OCc1ccc(OC(F)F)c(OCC2CC2)c1. The maximum Gasteiger partial charge on any atom is 0.508 e. The van der Waals surface area contributed by atoms with E-state index in [0.717, 1.165) is 12.8 Å². The summed E-state index contributed by atoms with van der Waals surface area (Å²) in [5.41, 5.74) is 0.595. The van der Waals surface area contributed by atoms with Crippen LogP contribution in [0.3, 0.4) is 0 Å². The summed E-state index contributed by atoms with van der Waals surface area (Å²) < 4.78 is 44.6. The number of carbonyl (C=O) groups excluding carboxylic acids is 1. The van der Waals surface area contributed by atoms with Crippen LogP contribution in [0.5, 0.6) is 11.5 Å². The normalized spacial score (nSPS) is 14.0. The summed E-state index contributed by atoms with van der Waals surface area (Å²) >= 11 is 0. The summed E-state index contributed by atoms with van der Waals surface area (Å²) in [5.74, 6) is 0.653. The van der Waals surface area contributed by atoms with Crippen LogP contribution < -0.4 is 9.47 Å². The Morgan fingerprint density at radius 2 is 2.00 bits per heavy atom. The Bertz CT molecular complexity index is 529. The number of hydrogen-bond acceptors (Lipinski definition) is 5. The first-order chi connectivity index (χ1) is 10.9. The van der Waals surface area contributed by atoms with Gasteiger partial charge in [-0.1, -0.05) is 6.07 Å². The number of hydrogen-bond donors (Lipinski definition) is 0. The number of halogens is 2. The van der Waals surface area contributed by atoms with Crippen molar-refractivity contribution >= 4 is 6.16 Å². The highest BCUT2D eigenvalue weighted by Crippen LogP contribution is 2.34. The zero-order valence-electron chi connectivity index (χ0n) is 13.1. The van der Waals surface area contributed by atoms with E-state index < -0.39 is 12.8 Å². The Balaban J connectivity index is 1.98. The number of alkyl halides is 2. The first-order valence-corrected chi connectivity index (χ1v) is 7.48. The Labute approximate surface area is 133 Å². The molecule has 1 saturated carbocycles. The van der Waals surface area contributed by atoms with E-state index in [-0.39, 0.29) is 24.2 Å². The maximum absolute atomic E-state index is 12.4. The van der Waals surface area contributed by atoms with Gasteiger partial charge < -0.3 is 18.9 Å². The molecule has 7 heteroatoms. The molecule has 2 rings (SSSR count). The molecule has 0 aromatic heterocycles. The van der Waals surface area contributed by atoms with E-state index in [0.29, 0.717) is 18.1 Å². The van der Waals surface area contributed by atoms with Crippen LogP contribution in [0.1, 0.15) is 32.3 Å². The molecule has 5 nitrogen and oxygen atoms in total. The molecule has 0 saturated heterocycles. The van der Waals surface area contributed by atoms with E-state index in [9.17, 15) is 13.6 Å². The summed E-state index contributed by atoms with van der Waals surface area (Å²) in [7, 11) is 0. The van der Waals surface area contributed by atoms with Gasteiger partial charge in [-0.25, -0.2) is 4.79 Å². The van der Waals surface area contributed by atoms with Gasteiger partial charge in [-0.2, -0.15) is 8.78 Å². The standard InChI is InChI=1S/C16H20F2O5/c1-10(2)22-16(19)21-9-12-5-6-13(23-15(17)18)14(7-12)20-8-11-3-4-11/h5-7,10-11,15H,3-4,8-9H2,1-2H3. The lowest BCUT2D eigenvalue weighted by Crippen LogP contribution is -2.13. The largest absolute Gasteiger partial charge is 0.508 e. The molecule has 0 bridgehead atoms. The minimum absolute atomic E-state index is 0.0332. The summed E-state index contributed by atoms with van der Waals surface area (Å²) in [4.78, 5) is 11.3. The van der Waals surface area contributed by atoms with E-state index in [1.54, 1.807) is 13.8 Å². The number of rotatable bonds is 8. The highest BCUT2D eigenvalue weighted by atomic mass is 19.3. The van der Waals surface area contributed by atoms with Crippen molar-refractivity contribution in [1.29, 1.82) is 0 Å². The van der Waals surface area contributed by atoms with Gasteiger partial charge in [0.05, 0.1) is 12.7 Å². The highest BCUT2D eigenvalue weighted by molar-refractivity contribution is 5.60. The molecule has 1 fully saturated rings. The third-order valence-corrected chi connectivity index (χ3v) is 3.08. The van der Waals surface area contributed by atoms with Gasteiger partial charge in [0.25, 0.3) is 0 Å². The summed E-state index contributed by atoms with van der Waals surface area (Å²) in [5, 5.41) is 0. The van der Waals surface area contributed by atoms with Crippen LogP contribution in [-0.4, -0.2) is 25.5 Å². The van der Waals surface area contributed by atoms with Gasteiger partial charge in [-0.05, 0) is 50.3 Å². The molecule has 0 aliphatic heterocycles. The zero-order valence-corrected chi connectivity index (χ0v) is 13.1. The Kier molecular flexibility index (Phi) is 6.01. The lowest BCUT2D eigenvalue weighted by molar-refractivity contribution is -0.0515. The van der Waals surface area contributed by atoms with Crippen molar-refractivity contribution in [3.8, 4) is 11.5 Å². The van der Waals surface area contributed by atoms with Gasteiger partial charge in [0, 0.05) is 0 Å². The average Bonchev–Trinajstić information content (AvgIpc) is 3.27. The van der Waals surface area contributed by atoms with Crippen molar-refractivity contribution in [3.63, 3.8) is 0 Å². The fraction of sp³-hybridized carbons (Fsp3) is 0.562. The minimum atomic E-state index is -2.93. The predicted molar refractivity (Wildman–Crippen MR) is 77.7 cm³/mol. The van der Waals surface area contributed by atoms with Crippen LogP contribution >= 0.6 is 0 Å². The van der Waals surface area contributed by atoms with Gasteiger partial charge >= 0.3 is 12.8 Å². The molecular formula is C16H20F2O5. The first-order valence-electron chi connectivity index (χ1n) is 7.48. The van der Waals surface area contributed by atoms with Crippen molar-refractivity contribution in [3.05, 3.63) is 23.8 Å². The van der Waals surface area contributed by atoms with Crippen LogP contribution in [0.2, 0.25) is 0 Å². The molecule has 1 aliphatic carbocycles. The monoisotopic (exact) mass is 330 g/mol. The maximum atomic E-state index is 12.4. The third kappa shape index (κ3) is 6.30. The lowest BCUT2D eigenvalue weighted by Gasteiger charge is -2.14. The Hall–Kier alpha value is -2.05. The molecule has 0 amide bonds. The molecule has 0 spiro atoms. The molecule has 0 unspecified atom stereocenters.